The number of ketones is 2. The highest BCUT2D eigenvalue weighted by Crippen LogP contribution is 2.67. The van der Waals surface area contributed by atoms with Gasteiger partial charge in [0.25, 0.3) is 0 Å². The van der Waals surface area contributed by atoms with Gasteiger partial charge in [-0.15, -0.1) is 0 Å². The molecule has 170 valence electrons. The van der Waals surface area contributed by atoms with Crippen LogP contribution in [0.2, 0.25) is 0 Å². The molecule has 0 spiro atoms. The molecule has 5 aliphatic rings. The van der Waals surface area contributed by atoms with Gasteiger partial charge in [0.15, 0.2) is 12.4 Å². The first-order valence-electron chi connectivity index (χ1n) is 11.4. The van der Waals surface area contributed by atoms with E-state index in [0.29, 0.717) is 6.42 Å². The van der Waals surface area contributed by atoms with Gasteiger partial charge in [-0.05, 0) is 62.2 Å². The van der Waals surface area contributed by atoms with Crippen LogP contribution in [0.4, 0.5) is 0 Å². The number of esters is 1. The highest BCUT2D eigenvalue weighted by Gasteiger charge is 2.68. The number of carbonyl (C=O) groups is 3. The predicted octanol–water partition coefficient (Wildman–Crippen LogP) is 2.08. The number of allylic oxidation sites excluding steroid dienone is 4. The fourth-order valence-electron chi connectivity index (χ4n) is 7.38. The smallest absolute Gasteiger partial charge is 0.357 e. The SMILES string of the molecule is C[C@]12C=CC(=O)C=C1CC[C@@H]1[C@@H]2C(O)C[C@@]2(C)[C@H]1CC[C@]2(O)C(=O)COC(=O)C1=NC=C1. The van der Waals surface area contributed by atoms with E-state index in [9.17, 15) is 24.6 Å². The van der Waals surface area contributed by atoms with Gasteiger partial charge in [0.2, 0.25) is 5.78 Å². The van der Waals surface area contributed by atoms with Crippen LogP contribution in [0, 0.1) is 28.6 Å². The summed E-state index contributed by atoms with van der Waals surface area (Å²) in [5.41, 5.74) is -1.63. The minimum absolute atomic E-state index is 0.00944. The largest absolute Gasteiger partial charge is 0.453 e. The summed E-state index contributed by atoms with van der Waals surface area (Å²) >= 11 is 0. The molecular formula is C25H29NO6. The van der Waals surface area contributed by atoms with Crippen molar-refractivity contribution in [2.75, 3.05) is 6.61 Å². The van der Waals surface area contributed by atoms with E-state index in [4.69, 9.17) is 4.74 Å². The second kappa shape index (κ2) is 7.06. The second-order valence-corrected chi connectivity index (χ2v) is 10.4. The molecule has 7 nitrogen and oxygen atoms in total. The van der Waals surface area contributed by atoms with Crippen molar-refractivity contribution in [3.63, 3.8) is 0 Å². The molecule has 0 aromatic heterocycles. The summed E-state index contributed by atoms with van der Waals surface area (Å²) in [7, 11) is 0. The first-order chi connectivity index (χ1) is 15.1. The Morgan fingerprint density at radius 1 is 1.25 bits per heavy atom. The van der Waals surface area contributed by atoms with E-state index in [1.807, 2.05) is 13.0 Å². The third-order valence-corrected chi connectivity index (χ3v) is 9.10. The minimum atomic E-state index is -1.66. The minimum Gasteiger partial charge on any atom is -0.453 e. The Kier molecular flexibility index (Phi) is 4.73. The van der Waals surface area contributed by atoms with Crippen LogP contribution < -0.4 is 0 Å². The monoisotopic (exact) mass is 439 g/mol. The molecule has 3 fully saturated rings. The average molecular weight is 440 g/mol. The molecule has 0 saturated heterocycles. The van der Waals surface area contributed by atoms with Gasteiger partial charge in [-0.3, -0.25) is 9.59 Å². The molecule has 1 heterocycles. The van der Waals surface area contributed by atoms with Crippen LogP contribution in [0.25, 0.3) is 0 Å². The lowest BCUT2D eigenvalue weighted by Gasteiger charge is -2.59. The van der Waals surface area contributed by atoms with Gasteiger partial charge in [-0.2, -0.15) is 0 Å². The molecule has 4 aliphatic carbocycles. The predicted molar refractivity (Wildman–Crippen MR) is 115 cm³/mol. The molecule has 32 heavy (non-hydrogen) atoms. The summed E-state index contributed by atoms with van der Waals surface area (Å²) in [5, 5.41) is 23.0. The molecule has 1 unspecified atom stereocenters. The molecule has 7 heteroatoms. The van der Waals surface area contributed by atoms with Gasteiger partial charge < -0.3 is 14.9 Å². The maximum Gasteiger partial charge on any atom is 0.357 e. The Balaban J connectivity index is 1.39. The number of carbonyl (C=O) groups excluding carboxylic acids is 3. The Bertz CT molecular complexity index is 1020. The highest BCUT2D eigenvalue weighted by molar-refractivity contribution is 6.43. The molecule has 0 radical (unpaired) electrons. The number of hydrogen-bond donors (Lipinski definition) is 2. The van der Waals surface area contributed by atoms with E-state index < -0.39 is 40.9 Å². The van der Waals surface area contributed by atoms with Crippen LogP contribution in [-0.2, 0) is 19.1 Å². The van der Waals surface area contributed by atoms with Gasteiger partial charge in [-0.25, -0.2) is 9.79 Å². The van der Waals surface area contributed by atoms with Crippen LogP contribution in [-0.4, -0.2) is 51.8 Å². The number of nitrogens with zero attached hydrogens (tertiary/aromatic N) is 1. The number of rotatable bonds is 4. The van der Waals surface area contributed by atoms with E-state index in [2.05, 4.69) is 11.9 Å². The van der Waals surface area contributed by atoms with Crippen molar-refractivity contribution in [1.29, 1.82) is 0 Å². The number of aliphatic hydroxyl groups is 2. The van der Waals surface area contributed by atoms with Gasteiger partial charge in [-0.1, -0.05) is 25.5 Å². The Morgan fingerprint density at radius 2 is 2.00 bits per heavy atom. The Morgan fingerprint density at radius 3 is 2.69 bits per heavy atom. The van der Waals surface area contributed by atoms with Crippen molar-refractivity contribution < 1.29 is 29.3 Å². The van der Waals surface area contributed by atoms with E-state index in [0.717, 1.165) is 18.4 Å². The van der Waals surface area contributed by atoms with Crippen molar-refractivity contribution in [3.8, 4) is 0 Å². The zero-order chi connectivity index (χ0) is 22.9. The van der Waals surface area contributed by atoms with Gasteiger partial charge >= 0.3 is 5.97 Å². The first kappa shape index (κ1) is 21.5. The molecule has 0 bridgehead atoms. The van der Waals surface area contributed by atoms with Crippen LogP contribution in [0.1, 0.15) is 46.0 Å². The topological polar surface area (TPSA) is 113 Å². The van der Waals surface area contributed by atoms with E-state index >= 15 is 0 Å². The van der Waals surface area contributed by atoms with Gasteiger partial charge in [0, 0.05) is 22.9 Å². The Labute approximate surface area is 186 Å². The van der Waals surface area contributed by atoms with Crippen molar-refractivity contribution in [1.82, 2.24) is 0 Å². The molecule has 7 atom stereocenters. The molecular weight excluding hydrogens is 410 g/mol. The molecule has 0 aromatic carbocycles. The quantitative estimate of drug-likeness (QED) is 0.649. The molecule has 3 saturated carbocycles. The third kappa shape index (κ3) is 2.80. The summed E-state index contributed by atoms with van der Waals surface area (Å²) < 4.78 is 5.10. The molecule has 2 N–H and O–H groups in total. The lowest BCUT2D eigenvalue weighted by Crippen LogP contribution is -2.61. The second-order valence-electron chi connectivity index (χ2n) is 10.4. The lowest BCUT2D eigenvalue weighted by atomic mass is 9.46. The Hall–Kier alpha value is -2.38. The van der Waals surface area contributed by atoms with Crippen molar-refractivity contribution >= 4 is 23.2 Å². The van der Waals surface area contributed by atoms with Crippen LogP contribution in [0.15, 0.2) is 41.1 Å². The number of ether oxygens (including phenoxy) is 1. The molecule has 1 aliphatic heterocycles. The highest BCUT2D eigenvalue weighted by atomic mass is 16.5. The number of Topliss-reactive ketones (excluding diaryl/α,β-unsaturated/α-hetero) is 1. The van der Waals surface area contributed by atoms with Gasteiger partial charge in [0.1, 0.15) is 11.3 Å². The molecule has 0 amide bonds. The van der Waals surface area contributed by atoms with E-state index in [-0.39, 0.29) is 42.1 Å². The number of aliphatic hydroxyl groups excluding tert-OH is 1. The lowest BCUT2D eigenvalue weighted by molar-refractivity contribution is -0.180. The fourth-order valence-corrected chi connectivity index (χ4v) is 7.38. The maximum absolute atomic E-state index is 13.1. The number of aliphatic imine (C=N–C) groups is 1. The number of hydrogen-bond acceptors (Lipinski definition) is 7. The standard InChI is InChI=1S/C25H29NO6/c1-23-8-5-15(27)11-14(23)3-4-16-17-6-9-25(31,24(17,2)12-19(28)21(16)23)20(29)13-32-22(30)18-7-10-26-18/h5,7-8,10-11,16-17,19,21,28,31H,3-4,6,9,12-13H2,1-2H3/t16-,17-,19?,21+,23-,24-,25-/m0/s1. The zero-order valence-electron chi connectivity index (χ0n) is 18.4. The van der Waals surface area contributed by atoms with Crippen LogP contribution >= 0.6 is 0 Å². The number of fused-ring (bicyclic) bond motifs is 5. The summed E-state index contributed by atoms with van der Waals surface area (Å²) in [4.78, 5) is 40.8. The third-order valence-electron chi connectivity index (χ3n) is 9.10. The summed E-state index contributed by atoms with van der Waals surface area (Å²) in [5.74, 6) is -1.08. The van der Waals surface area contributed by atoms with Crippen molar-refractivity contribution in [3.05, 3.63) is 36.1 Å². The van der Waals surface area contributed by atoms with Crippen LogP contribution in [0.5, 0.6) is 0 Å². The normalized spacial score (nSPS) is 43.9. The fraction of sp³-hybridized carbons (Fsp3) is 0.600. The summed E-state index contributed by atoms with van der Waals surface area (Å²) in [6.45, 7) is 3.48. The van der Waals surface area contributed by atoms with E-state index in [1.165, 1.54) is 12.3 Å². The van der Waals surface area contributed by atoms with Crippen molar-refractivity contribution in [2.45, 2.75) is 57.7 Å². The first-order valence-corrected chi connectivity index (χ1v) is 11.4. The zero-order valence-corrected chi connectivity index (χ0v) is 18.4. The summed E-state index contributed by atoms with van der Waals surface area (Å²) in [6.07, 6.45) is 10.3. The molecule has 5 rings (SSSR count). The maximum atomic E-state index is 13.1. The van der Waals surface area contributed by atoms with E-state index in [1.54, 1.807) is 12.2 Å². The molecule has 0 aromatic rings. The van der Waals surface area contributed by atoms with Crippen molar-refractivity contribution in [2.24, 2.45) is 33.6 Å². The van der Waals surface area contributed by atoms with Gasteiger partial charge in [0.05, 0.1) is 6.10 Å². The van der Waals surface area contributed by atoms with Crippen LogP contribution in [0.3, 0.4) is 0 Å². The average Bonchev–Trinajstić information content (AvgIpc) is 2.96. The summed E-state index contributed by atoms with van der Waals surface area (Å²) in [6, 6.07) is 0.